The zero-order valence-electron chi connectivity index (χ0n) is 11.8. The highest BCUT2D eigenvalue weighted by molar-refractivity contribution is 5.91. The SMILES string of the molecule is CCOC(=O)C1=C[C@@H](C)C(C(=O)OCC)=C[C@H](C)O1. The van der Waals surface area contributed by atoms with Gasteiger partial charge in [-0.2, -0.15) is 0 Å². The summed E-state index contributed by atoms with van der Waals surface area (Å²) in [5.74, 6) is -1.02. The van der Waals surface area contributed by atoms with Gasteiger partial charge in [0.1, 0.15) is 6.10 Å². The molecule has 0 aromatic carbocycles. The third-order valence-electron chi connectivity index (χ3n) is 2.61. The van der Waals surface area contributed by atoms with Crippen molar-refractivity contribution in [1.82, 2.24) is 0 Å². The number of hydrogen-bond acceptors (Lipinski definition) is 5. The molecule has 1 rings (SSSR count). The van der Waals surface area contributed by atoms with E-state index in [1.165, 1.54) is 0 Å². The minimum absolute atomic E-state index is 0.136. The van der Waals surface area contributed by atoms with Gasteiger partial charge in [0.05, 0.1) is 13.2 Å². The molecule has 0 aromatic heterocycles. The van der Waals surface area contributed by atoms with Crippen molar-refractivity contribution in [3.05, 3.63) is 23.5 Å². The van der Waals surface area contributed by atoms with Gasteiger partial charge in [-0.1, -0.05) is 6.92 Å². The normalized spacial score (nSPS) is 22.5. The summed E-state index contributed by atoms with van der Waals surface area (Å²) in [7, 11) is 0. The number of rotatable bonds is 4. The Kier molecular flexibility index (Phi) is 5.60. The molecule has 1 aliphatic heterocycles. The van der Waals surface area contributed by atoms with E-state index in [9.17, 15) is 9.59 Å². The van der Waals surface area contributed by atoms with Gasteiger partial charge < -0.3 is 14.2 Å². The second-order valence-corrected chi connectivity index (χ2v) is 4.21. The second-order valence-electron chi connectivity index (χ2n) is 4.21. The zero-order valence-corrected chi connectivity index (χ0v) is 11.8. The summed E-state index contributed by atoms with van der Waals surface area (Å²) < 4.78 is 15.4. The van der Waals surface area contributed by atoms with Gasteiger partial charge in [0, 0.05) is 11.5 Å². The first-order chi connectivity index (χ1) is 8.99. The molecule has 0 saturated heterocycles. The van der Waals surface area contributed by atoms with Gasteiger partial charge in [-0.15, -0.1) is 0 Å². The predicted molar refractivity (Wildman–Crippen MR) is 69.1 cm³/mol. The largest absolute Gasteiger partial charge is 0.480 e. The van der Waals surface area contributed by atoms with Gasteiger partial charge >= 0.3 is 11.9 Å². The lowest BCUT2D eigenvalue weighted by atomic mass is 9.99. The van der Waals surface area contributed by atoms with E-state index >= 15 is 0 Å². The monoisotopic (exact) mass is 268 g/mol. The maximum absolute atomic E-state index is 11.8. The summed E-state index contributed by atoms with van der Waals surface area (Å²) >= 11 is 0. The van der Waals surface area contributed by atoms with Gasteiger partial charge in [0.25, 0.3) is 0 Å². The van der Waals surface area contributed by atoms with Crippen LogP contribution in [0.3, 0.4) is 0 Å². The molecule has 106 valence electrons. The molecule has 0 amide bonds. The summed E-state index contributed by atoms with van der Waals surface area (Å²) in [5.41, 5.74) is 0.494. The Morgan fingerprint density at radius 2 is 1.68 bits per heavy atom. The molecule has 2 atom stereocenters. The van der Waals surface area contributed by atoms with Crippen LogP contribution in [-0.2, 0) is 23.8 Å². The van der Waals surface area contributed by atoms with E-state index in [4.69, 9.17) is 14.2 Å². The molecule has 0 N–H and O–H groups in total. The zero-order chi connectivity index (χ0) is 14.4. The molecule has 0 spiro atoms. The van der Waals surface area contributed by atoms with E-state index in [2.05, 4.69) is 0 Å². The van der Waals surface area contributed by atoms with Crippen LogP contribution in [-0.4, -0.2) is 31.3 Å². The highest BCUT2D eigenvalue weighted by atomic mass is 16.6. The van der Waals surface area contributed by atoms with Crippen molar-refractivity contribution in [3.63, 3.8) is 0 Å². The Hall–Kier alpha value is -1.78. The third kappa shape index (κ3) is 4.12. The average Bonchev–Trinajstić information content (AvgIpc) is 2.49. The van der Waals surface area contributed by atoms with Crippen LogP contribution < -0.4 is 0 Å². The smallest absolute Gasteiger partial charge is 0.373 e. The molecule has 0 fully saturated rings. The Bertz CT molecular complexity index is 408. The van der Waals surface area contributed by atoms with E-state index < -0.39 is 5.97 Å². The standard InChI is InChI=1S/C14H20O5/c1-5-17-13(15)11-8-10(4)19-12(7-9(11)3)14(16)18-6-2/h7-10H,5-6H2,1-4H3/t9-,10+/m1/s1. The molecular weight excluding hydrogens is 248 g/mol. The van der Waals surface area contributed by atoms with Crippen molar-refractivity contribution in [2.45, 2.75) is 33.8 Å². The number of ether oxygens (including phenoxy) is 3. The number of hydrogen-bond donors (Lipinski definition) is 0. The minimum atomic E-state index is -0.514. The fourth-order valence-electron chi connectivity index (χ4n) is 1.78. The van der Waals surface area contributed by atoms with E-state index in [0.717, 1.165) is 0 Å². The average molecular weight is 268 g/mol. The maximum Gasteiger partial charge on any atom is 0.373 e. The fourth-order valence-corrected chi connectivity index (χ4v) is 1.78. The molecular formula is C14H20O5. The van der Waals surface area contributed by atoms with Crippen molar-refractivity contribution in [2.75, 3.05) is 13.2 Å². The van der Waals surface area contributed by atoms with Crippen LogP contribution in [0.1, 0.15) is 27.7 Å². The lowest BCUT2D eigenvalue weighted by Gasteiger charge is -2.11. The van der Waals surface area contributed by atoms with Gasteiger partial charge in [-0.3, -0.25) is 0 Å². The molecule has 19 heavy (non-hydrogen) atoms. The van der Waals surface area contributed by atoms with Crippen LogP contribution in [0.25, 0.3) is 0 Å². The molecule has 0 radical (unpaired) electrons. The number of allylic oxidation sites excluding steroid dienone is 1. The molecule has 0 aliphatic carbocycles. The quantitative estimate of drug-likeness (QED) is 0.729. The van der Waals surface area contributed by atoms with Crippen molar-refractivity contribution in [1.29, 1.82) is 0 Å². The van der Waals surface area contributed by atoms with Crippen molar-refractivity contribution < 1.29 is 23.8 Å². The Labute approximate surface area is 113 Å². The van der Waals surface area contributed by atoms with Crippen molar-refractivity contribution >= 4 is 11.9 Å². The second kappa shape index (κ2) is 6.97. The first-order valence-electron chi connectivity index (χ1n) is 6.44. The highest BCUT2D eigenvalue weighted by Gasteiger charge is 2.25. The van der Waals surface area contributed by atoms with Crippen molar-refractivity contribution in [2.24, 2.45) is 5.92 Å². The summed E-state index contributed by atoms with van der Waals surface area (Å²) in [6.07, 6.45) is 2.87. The van der Waals surface area contributed by atoms with Crippen LogP contribution >= 0.6 is 0 Å². The molecule has 5 heteroatoms. The van der Waals surface area contributed by atoms with Gasteiger partial charge in [0.2, 0.25) is 5.76 Å². The van der Waals surface area contributed by atoms with Crippen LogP contribution in [0.4, 0.5) is 0 Å². The summed E-state index contributed by atoms with van der Waals surface area (Å²) in [4.78, 5) is 23.5. The minimum Gasteiger partial charge on any atom is -0.480 e. The fraction of sp³-hybridized carbons (Fsp3) is 0.571. The number of carbonyl (C=O) groups excluding carboxylic acids is 2. The first-order valence-corrected chi connectivity index (χ1v) is 6.44. The Balaban J connectivity index is 2.94. The van der Waals surface area contributed by atoms with Gasteiger partial charge in [0.15, 0.2) is 0 Å². The summed E-state index contributed by atoms with van der Waals surface area (Å²) in [6, 6.07) is 0. The Morgan fingerprint density at radius 1 is 1.11 bits per heavy atom. The first kappa shape index (κ1) is 15.3. The molecule has 1 heterocycles. The number of esters is 2. The molecule has 0 aromatic rings. The van der Waals surface area contributed by atoms with E-state index in [-0.39, 0.29) is 30.4 Å². The van der Waals surface area contributed by atoms with Gasteiger partial charge in [-0.25, -0.2) is 9.59 Å². The molecule has 5 nitrogen and oxygen atoms in total. The van der Waals surface area contributed by atoms with Gasteiger partial charge in [-0.05, 0) is 32.9 Å². The van der Waals surface area contributed by atoms with Crippen LogP contribution in [0.5, 0.6) is 0 Å². The van der Waals surface area contributed by atoms with Crippen LogP contribution in [0.2, 0.25) is 0 Å². The predicted octanol–water partition coefficient (Wildman–Crippen LogP) is 1.98. The summed E-state index contributed by atoms with van der Waals surface area (Å²) in [5, 5.41) is 0. The molecule has 0 unspecified atom stereocenters. The van der Waals surface area contributed by atoms with E-state index in [1.807, 2.05) is 6.92 Å². The highest BCUT2D eigenvalue weighted by Crippen LogP contribution is 2.23. The summed E-state index contributed by atoms with van der Waals surface area (Å²) in [6.45, 7) is 7.63. The lowest BCUT2D eigenvalue weighted by Crippen LogP contribution is -2.14. The van der Waals surface area contributed by atoms with Crippen molar-refractivity contribution in [3.8, 4) is 0 Å². The van der Waals surface area contributed by atoms with Crippen LogP contribution in [0.15, 0.2) is 23.5 Å². The Morgan fingerprint density at radius 3 is 2.26 bits per heavy atom. The molecule has 0 bridgehead atoms. The maximum atomic E-state index is 11.8. The third-order valence-corrected chi connectivity index (χ3v) is 2.61. The number of carbonyl (C=O) groups is 2. The molecule has 0 saturated carbocycles. The topological polar surface area (TPSA) is 61.8 Å². The van der Waals surface area contributed by atoms with Crippen LogP contribution in [0, 0.1) is 5.92 Å². The van der Waals surface area contributed by atoms with E-state index in [0.29, 0.717) is 12.2 Å². The van der Waals surface area contributed by atoms with E-state index in [1.54, 1.807) is 32.9 Å². The lowest BCUT2D eigenvalue weighted by molar-refractivity contribution is -0.143. The molecule has 1 aliphatic rings.